The van der Waals surface area contributed by atoms with Crippen LogP contribution in [0.15, 0.2) is 9.37 Å². The SMILES string of the molecule is Cc1c(Cl)nnc(Sc2nnc(N(C)C)s2)c1C. The van der Waals surface area contributed by atoms with Gasteiger partial charge in [-0.3, -0.25) is 0 Å². The van der Waals surface area contributed by atoms with Crippen molar-refractivity contribution >= 4 is 39.8 Å². The van der Waals surface area contributed by atoms with Crippen LogP contribution in [0.4, 0.5) is 5.13 Å². The van der Waals surface area contributed by atoms with Crippen LogP contribution >= 0.6 is 34.7 Å². The fourth-order valence-corrected chi connectivity index (χ4v) is 3.10. The molecule has 5 nitrogen and oxygen atoms in total. The van der Waals surface area contributed by atoms with E-state index in [0.717, 1.165) is 25.6 Å². The Morgan fingerprint density at radius 3 is 2.39 bits per heavy atom. The molecule has 0 N–H and O–H groups in total. The summed E-state index contributed by atoms with van der Waals surface area (Å²) in [6.45, 7) is 3.91. The first-order valence-electron chi connectivity index (χ1n) is 5.17. The van der Waals surface area contributed by atoms with Gasteiger partial charge in [-0.05, 0) is 36.7 Å². The maximum Gasteiger partial charge on any atom is 0.208 e. The highest BCUT2D eigenvalue weighted by molar-refractivity contribution is 8.01. The summed E-state index contributed by atoms with van der Waals surface area (Å²) in [5.41, 5.74) is 1.98. The molecule has 0 aliphatic carbocycles. The molecule has 2 rings (SSSR count). The second-order valence-corrected chi connectivity index (χ2v) is 6.44. The summed E-state index contributed by atoms with van der Waals surface area (Å²) in [5.74, 6) is 0. The molecule has 0 spiro atoms. The van der Waals surface area contributed by atoms with Crippen LogP contribution in [0.1, 0.15) is 11.1 Å². The molecule has 0 aliphatic heterocycles. The average Bonchev–Trinajstić information content (AvgIpc) is 2.79. The van der Waals surface area contributed by atoms with E-state index < -0.39 is 0 Å². The van der Waals surface area contributed by atoms with Gasteiger partial charge in [0.05, 0.1) is 0 Å². The Balaban J connectivity index is 2.26. The van der Waals surface area contributed by atoms with Crippen molar-refractivity contribution in [3.8, 4) is 0 Å². The molecule has 0 atom stereocenters. The van der Waals surface area contributed by atoms with Gasteiger partial charge in [0.25, 0.3) is 0 Å². The number of halogens is 1. The normalized spacial score (nSPS) is 10.7. The lowest BCUT2D eigenvalue weighted by Gasteiger charge is -2.05. The van der Waals surface area contributed by atoms with Crippen molar-refractivity contribution in [2.75, 3.05) is 19.0 Å². The molecule has 2 aromatic heterocycles. The van der Waals surface area contributed by atoms with Crippen molar-refractivity contribution in [3.05, 3.63) is 16.3 Å². The lowest BCUT2D eigenvalue weighted by molar-refractivity contribution is 0.888. The smallest absolute Gasteiger partial charge is 0.208 e. The Labute approximate surface area is 119 Å². The molecule has 8 heteroatoms. The van der Waals surface area contributed by atoms with Crippen molar-refractivity contribution in [2.24, 2.45) is 0 Å². The fraction of sp³-hybridized carbons (Fsp3) is 0.400. The fourth-order valence-electron chi connectivity index (χ4n) is 1.16. The number of anilines is 1. The van der Waals surface area contributed by atoms with Crippen molar-refractivity contribution in [3.63, 3.8) is 0 Å². The van der Waals surface area contributed by atoms with Crippen LogP contribution < -0.4 is 4.90 Å². The first-order chi connectivity index (χ1) is 8.49. The largest absolute Gasteiger partial charge is 0.353 e. The molecule has 0 radical (unpaired) electrons. The van der Waals surface area contributed by atoms with E-state index in [9.17, 15) is 0 Å². The quantitative estimate of drug-likeness (QED) is 0.869. The molecule has 0 amide bonds. The van der Waals surface area contributed by atoms with E-state index in [2.05, 4.69) is 20.4 Å². The van der Waals surface area contributed by atoms with Gasteiger partial charge in [0, 0.05) is 14.1 Å². The standard InChI is InChI=1S/C10H12ClN5S2/c1-5-6(2)8(13-12-7(5)11)17-10-15-14-9(18-10)16(3)4/h1-4H3. The molecule has 0 aromatic carbocycles. The topological polar surface area (TPSA) is 54.8 Å². The van der Waals surface area contributed by atoms with Gasteiger partial charge in [-0.25, -0.2) is 0 Å². The van der Waals surface area contributed by atoms with Crippen molar-refractivity contribution in [2.45, 2.75) is 23.2 Å². The molecular weight excluding hydrogens is 290 g/mol. The molecule has 0 bridgehead atoms. The molecule has 18 heavy (non-hydrogen) atoms. The van der Waals surface area contributed by atoms with E-state index in [1.54, 1.807) is 0 Å². The van der Waals surface area contributed by atoms with E-state index in [-0.39, 0.29) is 0 Å². The van der Waals surface area contributed by atoms with Gasteiger partial charge in [0.15, 0.2) is 9.49 Å². The van der Waals surface area contributed by atoms with Crippen LogP contribution in [-0.4, -0.2) is 34.5 Å². The summed E-state index contributed by atoms with van der Waals surface area (Å²) in [6, 6.07) is 0. The summed E-state index contributed by atoms with van der Waals surface area (Å²) >= 11 is 8.90. The van der Waals surface area contributed by atoms with Gasteiger partial charge in [0.2, 0.25) is 5.13 Å². The Bertz CT molecular complexity index is 569. The minimum Gasteiger partial charge on any atom is -0.353 e. The maximum absolute atomic E-state index is 5.92. The monoisotopic (exact) mass is 301 g/mol. The van der Waals surface area contributed by atoms with Crippen LogP contribution in [0, 0.1) is 13.8 Å². The third kappa shape index (κ3) is 2.73. The number of aromatic nitrogens is 4. The highest BCUT2D eigenvalue weighted by atomic mass is 35.5. The van der Waals surface area contributed by atoms with Gasteiger partial charge in [-0.1, -0.05) is 22.9 Å². The first kappa shape index (κ1) is 13.5. The molecule has 2 aromatic rings. The molecule has 0 fully saturated rings. The molecule has 0 saturated carbocycles. The van der Waals surface area contributed by atoms with E-state index in [0.29, 0.717) is 5.15 Å². The maximum atomic E-state index is 5.92. The van der Waals surface area contributed by atoms with Crippen LogP contribution in [0.25, 0.3) is 0 Å². The lowest BCUT2D eigenvalue weighted by Crippen LogP contribution is -2.07. The first-order valence-corrected chi connectivity index (χ1v) is 7.18. The highest BCUT2D eigenvalue weighted by Crippen LogP contribution is 2.34. The minimum atomic E-state index is 0.447. The number of hydrogen-bond acceptors (Lipinski definition) is 7. The second kappa shape index (κ2) is 5.38. The Kier molecular flexibility index (Phi) is 4.04. The zero-order valence-electron chi connectivity index (χ0n) is 10.4. The summed E-state index contributed by atoms with van der Waals surface area (Å²) < 4.78 is 0.845. The predicted molar refractivity (Wildman–Crippen MR) is 74.9 cm³/mol. The van der Waals surface area contributed by atoms with E-state index >= 15 is 0 Å². The lowest BCUT2D eigenvalue weighted by atomic mass is 10.2. The van der Waals surface area contributed by atoms with Gasteiger partial charge in [-0.2, -0.15) is 0 Å². The summed E-state index contributed by atoms with van der Waals surface area (Å²) in [7, 11) is 3.87. The minimum absolute atomic E-state index is 0.447. The summed E-state index contributed by atoms with van der Waals surface area (Å²) in [6.07, 6.45) is 0. The summed E-state index contributed by atoms with van der Waals surface area (Å²) in [5, 5.41) is 18.3. The van der Waals surface area contributed by atoms with E-state index in [1.807, 2.05) is 32.8 Å². The molecule has 0 saturated heterocycles. The molecule has 0 unspecified atom stereocenters. The van der Waals surface area contributed by atoms with Gasteiger partial charge in [-0.15, -0.1) is 20.4 Å². The van der Waals surface area contributed by atoms with Crippen molar-refractivity contribution in [1.82, 2.24) is 20.4 Å². The van der Waals surface area contributed by atoms with Crippen molar-refractivity contribution in [1.29, 1.82) is 0 Å². The van der Waals surface area contributed by atoms with Crippen molar-refractivity contribution < 1.29 is 0 Å². The van der Waals surface area contributed by atoms with Crippen LogP contribution in [0.3, 0.4) is 0 Å². The van der Waals surface area contributed by atoms with Crippen LogP contribution in [0.2, 0.25) is 5.15 Å². The number of hydrogen-bond donors (Lipinski definition) is 0. The Morgan fingerprint density at radius 1 is 1.06 bits per heavy atom. The van der Waals surface area contributed by atoms with Crippen LogP contribution in [0.5, 0.6) is 0 Å². The van der Waals surface area contributed by atoms with E-state index in [1.165, 1.54) is 23.1 Å². The molecular formula is C10H12ClN5S2. The third-order valence-corrected chi connectivity index (χ3v) is 4.97. The van der Waals surface area contributed by atoms with E-state index in [4.69, 9.17) is 11.6 Å². The Morgan fingerprint density at radius 2 is 1.78 bits per heavy atom. The zero-order valence-corrected chi connectivity index (χ0v) is 12.8. The highest BCUT2D eigenvalue weighted by Gasteiger charge is 2.13. The second-order valence-electron chi connectivity index (χ2n) is 3.89. The third-order valence-electron chi connectivity index (χ3n) is 2.38. The van der Waals surface area contributed by atoms with Gasteiger partial charge < -0.3 is 4.90 Å². The molecule has 2 heterocycles. The average molecular weight is 302 g/mol. The zero-order chi connectivity index (χ0) is 13.3. The van der Waals surface area contributed by atoms with Crippen LogP contribution in [-0.2, 0) is 0 Å². The summed E-state index contributed by atoms with van der Waals surface area (Å²) in [4.78, 5) is 1.92. The molecule has 0 aliphatic rings. The Hall–Kier alpha value is -0.920. The van der Waals surface area contributed by atoms with Gasteiger partial charge in [0.1, 0.15) is 5.03 Å². The molecule has 96 valence electrons. The number of rotatable bonds is 3. The van der Waals surface area contributed by atoms with Gasteiger partial charge >= 0.3 is 0 Å². The predicted octanol–water partition coefficient (Wildman–Crippen LogP) is 2.82. The number of nitrogens with zero attached hydrogens (tertiary/aromatic N) is 5.